The van der Waals surface area contributed by atoms with E-state index in [-0.39, 0.29) is 17.7 Å². The topological polar surface area (TPSA) is 20.3 Å². The number of hydrogen-bond acceptors (Lipinski definition) is 2. The molecule has 17 heavy (non-hydrogen) atoms. The lowest BCUT2D eigenvalue weighted by Crippen LogP contribution is -2.43. The fraction of sp³-hybridized carbons (Fsp3) is 0.417. The van der Waals surface area contributed by atoms with Gasteiger partial charge in [-0.1, -0.05) is 6.07 Å². The van der Waals surface area contributed by atoms with E-state index >= 15 is 0 Å². The first-order valence-electron chi connectivity index (χ1n) is 5.40. The van der Waals surface area contributed by atoms with Gasteiger partial charge in [0, 0.05) is 13.0 Å². The Kier molecular flexibility index (Phi) is 3.09. The number of aldehydes is 1. The molecule has 0 saturated carbocycles. The standard InChI is InChI=1S/C12H12F3NO/c13-10-3-1-4-11(9(10)7-17)16-6-2-5-12(14,15)8-16/h1,3-4,7H,2,5-6,8H2. The van der Waals surface area contributed by atoms with E-state index in [1.54, 1.807) is 0 Å². The Bertz CT molecular complexity index is 434. The molecular weight excluding hydrogens is 231 g/mol. The molecule has 1 heterocycles. The quantitative estimate of drug-likeness (QED) is 0.744. The zero-order valence-corrected chi connectivity index (χ0v) is 9.13. The Balaban J connectivity index is 2.34. The zero-order valence-electron chi connectivity index (χ0n) is 9.13. The van der Waals surface area contributed by atoms with Gasteiger partial charge in [-0.3, -0.25) is 4.79 Å². The fourth-order valence-electron chi connectivity index (χ4n) is 2.09. The summed E-state index contributed by atoms with van der Waals surface area (Å²) in [5.41, 5.74) is 0.101. The van der Waals surface area contributed by atoms with Crippen molar-refractivity contribution in [2.75, 3.05) is 18.0 Å². The molecule has 1 aromatic rings. The van der Waals surface area contributed by atoms with Crippen molar-refractivity contribution in [3.8, 4) is 0 Å². The van der Waals surface area contributed by atoms with Crippen molar-refractivity contribution in [3.63, 3.8) is 0 Å². The van der Waals surface area contributed by atoms with Crippen LogP contribution in [0.25, 0.3) is 0 Å². The predicted octanol–water partition coefficient (Wildman–Crippen LogP) is 2.87. The molecule has 0 radical (unpaired) electrons. The number of carbonyl (C=O) groups is 1. The van der Waals surface area contributed by atoms with Crippen LogP contribution in [-0.2, 0) is 0 Å². The van der Waals surface area contributed by atoms with Gasteiger partial charge >= 0.3 is 0 Å². The van der Waals surface area contributed by atoms with Gasteiger partial charge in [-0.15, -0.1) is 0 Å². The van der Waals surface area contributed by atoms with Crippen molar-refractivity contribution in [1.29, 1.82) is 0 Å². The molecule has 0 spiro atoms. The smallest absolute Gasteiger partial charge is 0.265 e. The van der Waals surface area contributed by atoms with Crippen LogP contribution in [0.5, 0.6) is 0 Å². The van der Waals surface area contributed by atoms with Gasteiger partial charge in [0.1, 0.15) is 5.82 Å². The minimum Gasteiger partial charge on any atom is -0.365 e. The highest BCUT2D eigenvalue weighted by molar-refractivity contribution is 5.85. The van der Waals surface area contributed by atoms with E-state index in [4.69, 9.17) is 0 Å². The molecule has 1 aliphatic rings. The molecule has 0 amide bonds. The van der Waals surface area contributed by atoms with Gasteiger partial charge in [0.2, 0.25) is 0 Å². The second-order valence-electron chi connectivity index (χ2n) is 4.17. The van der Waals surface area contributed by atoms with Gasteiger partial charge in [-0.25, -0.2) is 13.2 Å². The molecule has 0 aliphatic carbocycles. The first-order chi connectivity index (χ1) is 8.03. The summed E-state index contributed by atoms with van der Waals surface area (Å²) in [7, 11) is 0. The molecule has 1 fully saturated rings. The largest absolute Gasteiger partial charge is 0.365 e. The van der Waals surface area contributed by atoms with Crippen molar-refractivity contribution in [2.45, 2.75) is 18.8 Å². The number of piperidine rings is 1. The van der Waals surface area contributed by atoms with Gasteiger partial charge < -0.3 is 4.90 Å². The lowest BCUT2D eigenvalue weighted by atomic mass is 10.0. The summed E-state index contributed by atoms with van der Waals surface area (Å²) < 4.78 is 39.9. The van der Waals surface area contributed by atoms with Crippen LogP contribution in [0.2, 0.25) is 0 Å². The van der Waals surface area contributed by atoms with Crippen molar-refractivity contribution in [2.24, 2.45) is 0 Å². The first kappa shape index (κ1) is 12.0. The third-order valence-electron chi connectivity index (χ3n) is 2.88. The van der Waals surface area contributed by atoms with Gasteiger partial charge in [-0.2, -0.15) is 0 Å². The molecule has 0 unspecified atom stereocenters. The molecule has 1 saturated heterocycles. The minimum absolute atomic E-state index is 0.148. The number of carbonyl (C=O) groups excluding carboxylic acids is 1. The molecule has 5 heteroatoms. The molecule has 92 valence electrons. The van der Waals surface area contributed by atoms with Crippen molar-refractivity contribution in [1.82, 2.24) is 0 Å². The normalized spacial score (nSPS) is 19.1. The van der Waals surface area contributed by atoms with Crippen LogP contribution in [-0.4, -0.2) is 25.3 Å². The lowest BCUT2D eigenvalue weighted by Gasteiger charge is -2.34. The SMILES string of the molecule is O=Cc1c(F)cccc1N1CCCC(F)(F)C1. The van der Waals surface area contributed by atoms with Crippen molar-refractivity contribution < 1.29 is 18.0 Å². The number of halogens is 3. The summed E-state index contributed by atoms with van der Waals surface area (Å²) in [6.07, 6.45) is 0.550. The van der Waals surface area contributed by atoms with Crippen LogP contribution in [0.1, 0.15) is 23.2 Å². The van der Waals surface area contributed by atoms with Gasteiger partial charge in [-0.05, 0) is 18.6 Å². The molecule has 0 aromatic heterocycles. The molecule has 0 N–H and O–H groups in total. The van der Waals surface area contributed by atoms with Gasteiger partial charge in [0.15, 0.2) is 6.29 Å². The van der Waals surface area contributed by atoms with Gasteiger partial charge in [0.05, 0.1) is 17.8 Å². The second kappa shape index (κ2) is 4.39. The Labute approximate surface area is 97.0 Å². The molecule has 2 nitrogen and oxygen atoms in total. The highest BCUT2D eigenvalue weighted by atomic mass is 19.3. The lowest BCUT2D eigenvalue weighted by molar-refractivity contribution is -0.0117. The van der Waals surface area contributed by atoms with Crippen molar-refractivity contribution >= 4 is 12.0 Å². The van der Waals surface area contributed by atoms with E-state index in [1.165, 1.54) is 17.0 Å². The van der Waals surface area contributed by atoms with E-state index in [9.17, 15) is 18.0 Å². The summed E-state index contributed by atoms with van der Waals surface area (Å²) in [5, 5.41) is 0. The second-order valence-corrected chi connectivity index (χ2v) is 4.17. The minimum atomic E-state index is -2.77. The van der Waals surface area contributed by atoms with Crippen LogP contribution in [0.4, 0.5) is 18.9 Å². The first-order valence-corrected chi connectivity index (χ1v) is 5.40. The van der Waals surface area contributed by atoms with Gasteiger partial charge in [0.25, 0.3) is 5.92 Å². The summed E-state index contributed by atoms with van der Waals surface area (Å²) in [5.74, 6) is -3.45. The summed E-state index contributed by atoms with van der Waals surface area (Å²) in [6, 6.07) is 4.06. The Morgan fingerprint density at radius 3 is 2.76 bits per heavy atom. The maximum atomic E-state index is 13.4. The summed E-state index contributed by atoms with van der Waals surface area (Å²) in [4.78, 5) is 12.2. The van der Waals surface area contributed by atoms with E-state index in [1.807, 2.05) is 0 Å². The number of benzene rings is 1. The fourth-order valence-corrected chi connectivity index (χ4v) is 2.09. The maximum Gasteiger partial charge on any atom is 0.265 e. The maximum absolute atomic E-state index is 13.4. The Morgan fingerprint density at radius 2 is 2.12 bits per heavy atom. The number of rotatable bonds is 2. The van der Waals surface area contributed by atoms with E-state index < -0.39 is 18.3 Å². The molecule has 0 atom stereocenters. The number of hydrogen-bond donors (Lipinski definition) is 0. The molecule has 1 aliphatic heterocycles. The van der Waals surface area contributed by atoms with Crippen LogP contribution in [0, 0.1) is 5.82 Å². The third kappa shape index (κ3) is 2.43. The average molecular weight is 243 g/mol. The predicted molar refractivity (Wildman–Crippen MR) is 58.2 cm³/mol. The molecular formula is C12H12F3NO. The number of alkyl halides is 2. The van der Waals surface area contributed by atoms with Crippen LogP contribution < -0.4 is 4.90 Å². The monoisotopic (exact) mass is 243 g/mol. The Hall–Kier alpha value is -1.52. The van der Waals surface area contributed by atoms with Crippen LogP contribution >= 0.6 is 0 Å². The molecule has 2 rings (SSSR count). The highest BCUT2D eigenvalue weighted by Crippen LogP contribution is 2.31. The van der Waals surface area contributed by atoms with Crippen LogP contribution in [0.3, 0.4) is 0 Å². The highest BCUT2D eigenvalue weighted by Gasteiger charge is 2.35. The van der Waals surface area contributed by atoms with Crippen LogP contribution in [0.15, 0.2) is 18.2 Å². The molecule has 1 aromatic carbocycles. The summed E-state index contributed by atoms with van der Waals surface area (Å²) in [6.45, 7) is -0.0445. The number of nitrogens with zero attached hydrogens (tertiary/aromatic N) is 1. The third-order valence-corrected chi connectivity index (χ3v) is 2.88. The Morgan fingerprint density at radius 1 is 1.35 bits per heavy atom. The van der Waals surface area contributed by atoms with E-state index in [0.29, 0.717) is 19.3 Å². The van der Waals surface area contributed by atoms with Crippen molar-refractivity contribution in [3.05, 3.63) is 29.6 Å². The summed E-state index contributed by atoms with van der Waals surface area (Å²) >= 11 is 0. The zero-order chi connectivity index (χ0) is 12.5. The van der Waals surface area contributed by atoms with E-state index in [2.05, 4.69) is 0 Å². The average Bonchev–Trinajstić information content (AvgIpc) is 2.27. The van der Waals surface area contributed by atoms with E-state index in [0.717, 1.165) is 6.07 Å². The number of anilines is 1. The molecule has 0 bridgehead atoms.